The molecule has 1 aromatic rings. The lowest BCUT2D eigenvalue weighted by Crippen LogP contribution is -1.91. The minimum atomic E-state index is 0.979. The Kier molecular flexibility index (Phi) is 5.15. The van der Waals surface area contributed by atoms with Gasteiger partial charge in [0.25, 0.3) is 0 Å². The average Bonchev–Trinajstić information content (AvgIpc) is 2.60. The minimum Gasteiger partial charge on any atom is -0.377 e. The monoisotopic (exact) mass is 217 g/mol. The summed E-state index contributed by atoms with van der Waals surface area (Å²) < 4.78 is 3.91. The van der Waals surface area contributed by atoms with Crippen molar-refractivity contribution in [2.45, 2.75) is 25.5 Å². The highest BCUT2D eigenvalue weighted by molar-refractivity contribution is 7.98. The standard InChI is InChI=1S/C8H15N3S2/c1-3-4-5-12-6-7-8(9-2)13-11-10-7/h9H,3-6H2,1-2H3. The van der Waals surface area contributed by atoms with E-state index in [-0.39, 0.29) is 0 Å². The lowest BCUT2D eigenvalue weighted by molar-refractivity contribution is 0.895. The summed E-state index contributed by atoms with van der Waals surface area (Å²) in [6.07, 6.45) is 2.55. The van der Waals surface area contributed by atoms with Crippen LogP contribution >= 0.6 is 23.3 Å². The molecule has 0 aliphatic heterocycles. The van der Waals surface area contributed by atoms with Crippen LogP contribution in [0.3, 0.4) is 0 Å². The molecule has 1 rings (SSSR count). The van der Waals surface area contributed by atoms with Crippen LogP contribution in [0, 0.1) is 0 Å². The van der Waals surface area contributed by atoms with Crippen LogP contribution in [0.25, 0.3) is 0 Å². The van der Waals surface area contributed by atoms with Gasteiger partial charge >= 0.3 is 0 Å². The molecule has 1 N–H and O–H groups in total. The van der Waals surface area contributed by atoms with Crippen LogP contribution in [-0.2, 0) is 5.75 Å². The highest BCUT2D eigenvalue weighted by atomic mass is 32.2. The van der Waals surface area contributed by atoms with Gasteiger partial charge < -0.3 is 5.32 Å². The van der Waals surface area contributed by atoms with Gasteiger partial charge in [0.2, 0.25) is 0 Å². The SMILES string of the molecule is CCCCSCc1nnsc1NC. The largest absolute Gasteiger partial charge is 0.377 e. The summed E-state index contributed by atoms with van der Waals surface area (Å²) >= 11 is 3.36. The van der Waals surface area contributed by atoms with Gasteiger partial charge in [-0.3, -0.25) is 0 Å². The minimum absolute atomic E-state index is 0.979. The quantitative estimate of drug-likeness (QED) is 0.743. The third-order valence-corrected chi connectivity index (χ3v) is 3.50. The fourth-order valence-corrected chi connectivity index (χ4v) is 2.56. The van der Waals surface area contributed by atoms with Gasteiger partial charge in [-0.05, 0) is 12.2 Å². The van der Waals surface area contributed by atoms with Crippen LogP contribution in [-0.4, -0.2) is 22.4 Å². The Bertz CT molecular complexity index is 237. The molecule has 0 bridgehead atoms. The van der Waals surface area contributed by atoms with Gasteiger partial charge in [0.05, 0.1) is 0 Å². The first-order valence-electron chi connectivity index (χ1n) is 4.45. The van der Waals surface area contributed by atoms with Crippen LogP contribution in [0.1, 0.15) is 25.5 Å². The molecule has 0 radical (unpaired) electrons. The van der Waals surface area contributed by atoms with Crippen molar-refractivity contribution >= 4 is 28.3 Å². The van der Waals surface area contributed by atoms with E-state index in [1.165, 1.54) is 30.1 Å². The Labute approximate surface area is 87.5 Å². The molecule has 0 saturated carbocycles. The summed E-state index contributed by atoms with van der Waals surface area (Å²) in [5.41, 5.74) is 1.09. The van der Waals surface area contributed by atoms with E-state index in [0.717, 1.165) is 16.4 Å². The number of hydrogen-bond acceptors (Lipinski definition) is 5. The highest BCUT2D eigenvalue weighted by Crippen LogP contribution is 2.22. The first-order chi connectivity index (χ1) is 6.38. The van der Waals surface area contributed by atoms with Crippen LogP contribution in [0.5, 0.6) is 0 Å². The molecule has 0 amide bonds. The van der Waals surface area contributed by atoms with Gasteiger partial charge in [0.1, 0.15) is 10.7 Å². The van der Waals surface area contributed by atoms with E-state index in [0.29, 0.717) is 0 Å². The van der Waals surface area contributed by atoms with Crippen molar-refractivity contribution in [2.75, 3.05) is 18.1 Å². The summed E-state index contributed by atoms with van der Waals surface area (Å²) in [5.74, 6) is 2.20. The van der Waals surface area contributed by atoms with Gasteiger partial charge in [-0.2, -0.15) is 11.8 Å². The Hall–Kier alpha value is -0.290. The predicted molar refractivity (Wildman–Crippen MR) is 60.5 cm³/mol. The molecule has 3 nitrogen and oxygen atoms in total. The fraction of sp³-hybridized carbons (Fsp3) is 0.750. The van der Waals surface area contributed by atoms with Crippen LogP contribution in [0.2, 0.25) is 0 Å². The smallest absolute Gasteiger partial charge is 0.133 e. The maximum atomic E-state index is 4.07. The van der Waals surface area contributed by atoms with E-state index in [9.17, 15) is 0 Å². The molecule has 0 aliphatic rings. The molecule has 0 atom stereocenters. The molecule has 0 saturated heterocycles. The lowest BCUT2D eigenvalue weighted by Gasteiger charge is -1.99. The average molecular weight is 217 g/mol. The molecule has 0 fully saturated rings. The van der Waals surface area contributed by atoms with Crippen molar-refractivity contribution in [3.63, 3.8) is 0 Å². The van der Waals surface area contributed by atoms with E-state index in [1.807, 2.05) is 18.8 Å². The summed E-state index contributed by atoms with van der Waals surface area (Å²) in [4.78, 5) is 0. The first-order valence-corrected chi connectivity index (χ1v) is 6.38. The predicted octanol–water partition coefficient (Wildman–Crippen LogP) is 2.61. The summed E-state index contributed by atoms with van der Waals surface area (Å²) in [6.45, 7) is 2.21. The Morgan fingerprint density at radius 2 is 2.38 bits per heavy atom. The molecule has 0 aromatic carbocycles. The van der Waals surface area contributed by atoms with Crippen molar-refractivity contribution in [2.24, 2.45) is 0 Å². The molecule has 0 aliphatic carbocycles. The van der Waals surface area contributed by atoms with Crippen molar-refractivity contribution < 1.29 is 0 Å². The Morgan fingerprint density at radius 1 is 1.54 bits per heavy atom. The maximum absolute atomic E-state index is 4.07. The molecule has 0 unspecified atom stereocenters. The zero-order chi connectivity index (χ0) is 9.52. The molecule has 1 heterocycles. The molecule has 5 heteroatoms. The van der Waals surface area contributed by atoms with Crippen molar-refractivity contribution in [1.29, 1.82) is 0 Å². The fourth-order valence-electron chi connectivity index (χ4n) is 0.908. The summed E-state index contributed by atoms with van der Waals surface area (Å²) in [6, 6.07) is 0. The first kappa shape index (κ1) is 10.8. The number of aromatic nitrogens is 2. The molecular formula is C8H15N3S2. The van der Waals surface area contributed by atoms with E-state index in [4.69, 9.17) is 0 Å². The number of anilines is 1. The van der Waals surface area contributed by atoms with Crippen molar-refractivity contribution in [1.82, 2.24) is 9.59 Å². The summed E-state index contributed by atoms with van der Waals surface area (Å²) in [5, 5.41) is 8.27. The maximum Gasteiger partial charge on any atom is 0.133 e. The number of unbranched alkanes of at least 4 members (excludes halogenated alkanes) is 1. The molecular weight excluding hydrogens is 202 g/mol. The highest BCUT2D eigenvalue weighted by Gasteiger charge is 2.04. The normalized spacial score (nSPS) is 10.3. The molecule has 74 valence electrons. The molecule has 1 aromatic heterocycles. The van der Waals surface area contributed by atoms with Crippen molar-refractivity contribution in [3.05, 3.63) is 5.69 Å². The van der Waals surface area contributed by atoms with E-state index in [1.54, 1.807) is 0 Å². The second kappa shape index (κ2) is 6.21. The molecule has 13 heavy (non-hydrogen) atoms. The van der Waals surface area contributed by atoms with E-state index < -0.39 is 0 Å². The van der Waals surface area contributed by atoms with E-state index in [2.05, 4.69) is 21.8 Å². The topological polar surface area (TPSA) is 37.8 Å². The second-order valence-corrected chi connectivity index (χ2v) is 4.56. The number of rotatable bonds is 6. The zero-order valence-electron chi connectivity index (χ0n) is 8.04. The van der Waals surface area contributed by atoms with Gasteiger partial charge in [-0.25, -0.2) is 0 Å². The zero-order valence-corrected chi connectivity index (χ0v) is 9.67. The number of thioether (sulfide) groups is 1. The van der Waals surface area contributed by atoms with Gasteiger partial charge in [-0.15, -0.1) is 5.10 Å². The third kappa shape index (κ3) is 3.52. The molecule has 0 spiro atoms. The van der Waals surface area contributed by atoms with Crippen LogP contribution in [0.15, 0.2) is 0 Å². The van der Waals surface area contributed by atoms with Gasteiger partial charge in [0, 0.05) is 24.3 Å². The van der Waals surface area contributed by atoms with Crippen LogP contribution in [0.4, 0.5) is 5.00 Å². The number of hydrogen-bond donors (Lipinski definition) is 1. The third-order valence-electron chi connectivity index (χ3n) is 1.66. The van der Waals surface area contributed by atoms with Gasteiger partial charge in [0.15, 0.2) is 0 Å². The summed E-state index contributed by atoms with van der Waals surface area (Å²) in [7, 11) is 1.91. The van der Waals surface area contributed by atoms with Gasteiger partial charge in [-0.1, -0.05) is 17.8 Å². The second-order valence-electron chi connectivity index (χ2n) is 2.70. The Balaban J connectivity index is 2.27. The number of nitrogens with zero attached hydrogens (tertiary/aromatic N) is 2. The van der Waals surface area contributed by atoms with Crippen molar-refractivity contribution in [3.8, 4) is 0 Å². The number of nitrogens with one attached hydrogen (secondary N) is 1. The van der Waals surface area contributed by atoms with E-state index >= 15 is 0 Å². The van der Waals surface area contributed by atoms with Crippen LogP contribution < -0.4 is 5.32 Å². The Morgan fingerprint density at radius 3 is 3.08 bits per heavy atom. The lowest BCUT2D eigenvalue weighted by atomic mass is 10.4.